The quantitative estimate of drug-likeness (QED) is 0.663. The predicted octanol–water partition coefficient (Wildman–Crippen LogP) is 1.58. The lowest BCUT2D eigenvalue weighted by atomic mass is 9.99. The normalized spacial score (nSPS) is 25.1. The van der Waals surface area contributed by atoms with Gasteiger partial charge in [-0.2, -0.15) is 9.29 Å². The highest BCUT2D eigenvalue weighted by Gasteiger charge is 2.36. The minimum absolute atomic E-state index is 0.130. The van der Waals surface area contributed by atoms with Gasteiger partial charge in [-0.1, -0.05) is 11.6 Å². The fourth-order valence-electron chi connectivity index (χ4n) is 5.04. The molecule has 4 rings (SSSR count). The van der Waals surface area contributed by atoms with Crippen LogP contribution in [0.15, 0.2) is 4.52 Å². The van der Waals surface area contributed by atoms with Crippen molar-refractivity contribution in [2.75, 3.05) is 39.0 Å². The molecule has 1 aromatic rings. The maximum atomic E-state index is 12.6. The molecular weight excluding hydrogens is 406 g/mol. The maximum Gasteiger partial charge on any atom is 0.227 e. The van der Waals surface area contributed by atoms with Gasteiger partial charge in [-0.25, -0.2) is 8.42 Å². The van der Waals surface area contributed by atoms with E-state index in [1.807, 2.05) is 4.90 Å². The third kappa shape index (κ3) is 5.03. The van der Waals surface area contributed by atoms with Crippen LogP contribution in [0.2, 0.25) is 0 Å². The van der Waals surface area contributed by atoms with Gasteiger partial charge in [0, 0.05) is 38.5 Å². The Hall–Kier alpha value is -1.52. The number of hydrogen-bond donors (Lipinski definition) is 0. The van der Waals surface area contributed by atoms with Crippen molar-refractivity contribution in [3.8, 4) is 0 Å². The predicted molar refractivity (Wildman–Crippen MR) is 111 cm³/mol. The molecule has 0 saturated carbocycles. The third-order valence-electron chi connectivity index (χ3n) is 6.69. The summed E-state index contributed by atoms with van der Waals surface area (Å²) in [6, 6.07) is 0.263. The minimum atomic E-state index is -3.30. The minimum Gasteiger partial charge on any atom is -0.343 e. The first-order valence-corrected chi connectivity index (χ1v) is 13.1. The van der Waals surface area contributed by atoms with Crippen LogP contribution in [-0.2, 0) is 21.2 Å². The molecule has 0 radical (unpaired) electrons. The molecule has 3 aliphatic rings. The second-order valence-electron chi connectivity index (χ2n) is 8.79. The van der Waals surface area contributed by atoms with Crippen LogP contribution in [0.3, 0.4) is 0 Å². The van der Waals surface area contributed by atoms with Crippen molar-refractivity contribution in [3.05, 3.63) is 11.7 Å². The van der Waals surface area contributed by atoms with Gasteiger partial charge in [-0.05, 0) is 51.6 Å². The van der Waals surface area contributed by atoms with E-state index in [1.165, 1.54) is 42.9 Å². The van der Waals surface area contributed by atoms with Crippen molar-refractivity contribution in [2.24, 2.45) is 0 Å². The number of carbonyl (C=O) groups is 1. The first-order chi connectivity index (χ1) is 14.4. The van der Waals surface area contributed by atoms with E-state index in [0.29, 0.717) is 43.6 Å². The molecule has 3 saturated heterocycles. The number of aromatic nitrogens is 2. The van der Waals surface area contributed by atoms with Gasteiger partial charge in [0.2, 0.25) is 21.8 Å². The molecule has 10 heteroatoms. The van der Waals surface area contributed by atoms with Gasteiger partial charge in [0.25, 0.3) is 0 Å². The van der Waals surface area contributed by atoms with Gasteiger partial charge in [-0.15, -0.1) is 0 Å². The molecule has 0 aromatic carbocycles. The lowest BCUT2D eigenvalue weighted by Gasteiger charge is -2.40. The molecule has 1 atom stereocenters. The number of carbonyl (C=O) groups excluding carboxylic acids is 1. The molecule has 9 nitrogen and oxygen atoms in total. The summed E-state index contributed by atoms with van der Waals surface area (Å²) in [5.74, 6) is 0.940. The van der Waals surface area contributed by atoms with Gasteiger partial charge in [0.15, 0.2) is 5.82 Å². The van der Waals surface area contributed by atoms with Crippen molar-refractivity contribution in [2.45, 2.75) is 69.9 Å². The fourth-order valence-corrected chi connectivity index (χ4v) is 6.16. The van der Waals surface area contributed by atoms with E-state index >= 15 is 0 Å². The SMILES string of the molecule is CS(=O)(=O)N1CCCC1c1noc(CCC(=O)N2CCC(N3CCCCC3)CC2)n1. The summed E-state index contributed by atoms with van der Waals surface area (Å²) in [4.78, 5) is 21.6. The molecule has 1 amide bonds. The molecule has 168 valence electrons. The van der Waals surface area contributed by atoms with Crippen LogP contribution in [0.4, 0.5) is 0 Å². The van der Waals surface area contributed by atoms with Crippen LogP contribution < -0.4 is 0 Å². The number of sulfonamides is 1. The molecule has 0 aliphatic carbocycles. The Bertz CT molecular complexity index is 828. The van der Waals surface area contributed by atoms with Crippen molar-refractivity contribution in [3.63, 3.8) is 0 Å². The first-order valence-electron chi connectivity index (χ1n) is 11.2. The van der Waals surface area contributed by atoms with Crippen molar-refractivity contribution >= 4 is 15.9 Å². The van der Waals surface area contributed by atoms with E-state index in [1.54, 1.807) is 0 Å². The summed E-state index contributed by atoms with van der Waals surface area (Å²) in [5.41, 5.74) is 0. The topological polar surface area (TPSA) is 99.8 Å². The second-order valence-corrected chi connectivity index (χ2v) is 10.7. The zero-order valence-corrected chi connectivity index (χ0v) is 18.6. The largest absolute Gasteiger partial charge is 0.343 e. The third-order valence-corrected chi connectivity index (χ3v) is 7.98. The number of aryl methyl sites for hydroxylation is 1. The molecule has 1 aromatic heterocycles. The van der Waals surface area contributed by atoms with Crippen LogP contribution in [0.1, 0.15) is 69.1 Å². The number of piperidine rings is 2. The van der Waals surface area contributed by atoms with Crippen molar-refractivity contribution in [1.29, 1.82) is 0 Å². The van der Waals surface area contributed by atoms with Gasteiger partial charge in [0.05, 0.1) is 12.3 Å². The summed E-state index contributed by atoms with van der Waals surface area (Å²) in [6.45, 7) is 4.53. The average molecular weight is 440 g/mol. The van der Waals surface area contributed by atoms with Gasteiger partial charge < -0.3 is 14.3 Å². The number of nitrogens with zero attached hydrogens (tertiary/aromatic N) is 5. The molecular formula is C20H33N5O4S. The van der Waals surface area contributed by atoms with E-state index in [4.69, 9.17) is 4.52 Å². The molecule has 3 aliphatic heterocycles. The van der Waals surface area contributed by atoms with E-state index < -0.39 is 10.0 Å². The lowest BCUT2D eigenvalue weighted by molar-refractivity contribution is -0.132. The standard InChI is InChI=1S/C20H33N5O4S/c1-30(27,28)25-13-5-6-17(25)20-21-18(29-22-20)7-8-19(26)24-14-9-16(10-15-24)23-11-3-2-4-12-23/h16-17H,2-15H2,1H3. The van der Waals surface area contributed by atoms with Crippen molar-refractivity contribution in [1.82, 2.24) is 24.2 Å². The maximum absolute atomic E-state index is 12.6. The molecule has 30 heavy (non-hydrogen) atoms. The van der Waals surface area contributed by atoms with E-state index in [2.05, 4.69) is 15.0 Å². The highest BCUT2D eigenvalue weighted by molar-refractivity contribution is 7.88. The number of hydrogen-bond acceptors (Lipinski definition) is 7. The average Bonchev–Trinajstić information content (AvgIpc) is 3.42. The highest BCUT2D eigenvalue weighted by Crippen LogP contribution is 2.32. The van der Waals surface area contributed by atoms with Crippen LogP contribution >= 0.6 is 0 Å². The highest BCUT2D eigenvalue weighted by atomic mass is 32.2. The Labute approximate surface area is 178 Å². The Balaban J connectivity index is 1.25. The Morgan fingerprint density at radius 1 is 1.03 bits per heavy atom. The molecule has 1 unspecified atom stereocenters. The smallest absolute Gasteiger partial charge is 0.227 e. The van der Waals surface area contributed by atoms with Crippen LogP contribution in [-0.4, -0.2) is 83.6 Å². The lowest BCUT2D eigenvalue weighted by Crippen LogP contribution is -2.48. The second kappa shape index (κ2) is 9.32. The summed E-state index contributed by atoms with van der Waals surface area (Å²) in [7, 11) is -3.30. The molecule has 4 heterocycles. The Morgan fingerprint density at radius 3 is 2.47 bits per heavy atom. The van der Waals surface area contributed by atoms with Gasteiger partial charge >= 0.3 is 0 Å². The summed E-state index contributed by atoms with van der Waals surface area (Å²) in [5, 5.41) is 3.99. The molecule has 0 spiro atoms. The van der Waals surface area contributed by atoms with Crippen LogP contribution in [0, 0.1) is 0 Å². The van der Waals surface area contributed by atoms with Crippen LogP contribution in [0.25, 0.3) is 0 Å². The summed E-state index contributed by atoms with van der Waals surface area (Å²) >= 11 is 0. The Kier molecular flexibility index (Phi) is 6.74. The number of rotatable bonds is 6. The van der Waals surface area contributed by atoms with Crippen LogP contribution in [0.5, 0.6) is 0 Å². The Morgan fingerprint density at radius 2 is 1.77 bits per heavy atom. The van der Waals surface area contributed by atoms with E-state index in [9.17, 15) is 13.2 Å². The number of amides is 1. The monoisotopic (exact) mass is 439 g/mol. The number of likely N-dealkylation sites (tertiary alicyclic amines) is 2. The first kappa shape index (κ1) is 21.7. The van der Waals surface area contributed by atoms with Crippen molar-refractivity contribution < 1.29 is 17.7 Å². The molecule has 3 fully saturated rings. The molecule has 0 bridgehead atoms. The van der Waals surface area contributed by atoms with E-state index in [0.717, 1.165) is 32.4 Å². The zero-order chi connectivity index (χ0) is 21.1. The fraction of sp³-hybridized carbons (Fsp3) is 0.850. The van der Waals surface area contributed by atoms with E-state index in [-0.39, 0.29) is 11.9 Å². The van der Waals surface area contributed by atoms with Gasteiger partial charge in [0.1, 0.15) is 0 Å². The summed E-state index contributed by atoms with van der Waals surface area (Å²) in [6.07, 6.45) is 9.48. The summed E-state index contributed by atoms with van der Waals surface area (Å²) < 4.78 is 30.6. The van der Waals surface area contributed by atoms with Gasteiger partial charge in [-0.3, -0.25) is 4.79 Å². The zero-order valence-electron chi connectivity index (χ0n) is 17.8. The molecule has 0 N–H and O–H groups in total.